The van der Waals surface area contributed by atoms with Gasteiger partial charge < -0.3 is 4.90 Å². The van der Waals surface area contributed by atoms with Gasteiger partial charge in [0.1, 0.15) is 0 Å². The van der Waals surface area contributed by atoms with E-state index in [9.17, 15) is 13.2 Å². The van der Waals surface area contributed by atoms with E-state index >= 15 is 0 Å². The van der Waals surface area contributed by atoms with Gasteiger partial charge in [0, 0.05) is 19.1 Å². The zero-order chi connectivity index (χ0) is 15.0. The average molecular weight is 301 g/mol. The number of carbonyl (C=O) groups excluding carboxylic acids is 1. The van der Waals surface area contributed by atoms with Gasteiger partial charge in [-0.3, -0.25) is 10.1 Å². The molecule has 1 unspecified atom stereocenters. The third-order valence-corrected chi connectivity index (χ3v) is 4.02. The first-order valence-electron chi connectivity index (χ1n) is 6.82. The van der Waals surface area contributed by atoms with Crippen LogP contribution in [0.5, 0.6) is 0 Å². The van der Waals surface area contributed by atoms with Gasteiger partial charge >= 0.3 is 0 Å². The van der Waals surface area contributed by atoms with E-state index in [2.05, 4.69) is 16.0 Å². The fraction of sp³-hybridized carbons (Fsp3) is 0.769. The lowest BCUT2D eigenvalue weighted by Gasteiger charge is -2.36. The molecule has 114 valence electrons. The number of piperidine rings is 1. The zero-order valence-corrected chi connectivity index (χ0v) is 12.7. The first-order valence-corrected chi connectivity index (χ1v) is 8.71. The molecule has 0 aromatic heterocycles. The van der Waals surface area contributed by atoms with Crippen LogP contribution in [0, 0.1) is 12.3 Å². The van der Waals surface area contributed by atoms with Gasteiger partial charge in [-0.15, -0.1) is 6.42 Å². The lowest BCUT2D eigenvalue weighted by Crippen LogP contribution is -2.48. The predicted molar refractivity (Wildman–Crippen MR) is 78.5 cm³/mol. The summed E-state index contributed by atoms with van der Waals surface area (Å²) in [7, 11) is -3.17. The van der Waals surface area contributed by atoms with Crippen molar-refractivity contribution in [3.05, 3.63) is 0 Å². The molecule has 1 saturated heterocycles. The van der Waals surface area contributed by atoms with Gasteiger partial charge in [0.05, 0.1) is 19.3 Å². The molecule has 0 aliphatic carbocycles. The molecule has 7 heteroatoms. The van der Waals surface area contributed by atoms with E-state index in [0.717, 1.165) is 32.1 Å². The number of amides is 1. The Morgan fingerprint density at radius 3 is 2.85 bits per heavy atom. The summed E-state index contributed by atoms with van der Waals surface area (Å²) in [5, 5.41) is 2.89. The van der Waals surface area contributed by atoms with Gasteiger partial charge in [0.25, 0.3) is 0 Å². The summed E-state index contributed by atoms with van der Waals surface area (Å²) in [5.41, 5.74) is 0. The highest BCUT2D eigenvalue weighted by Crippen LogP contribution is 2.19. The van der Waals surface area contributed by atoms with Crippen LogP contribution in [0.4, 0.5) is 0 Å². The summed E-state index contributed by atoms with van der Waals surface area (Å²) < 4.78 is 24.6. The van der Waals surface area contributed by atoms with Gasteiger partial charge in [-0.1, -0.05) is 5.92 Å². The minimum Gasteiger partial charge on any atom is -0.339 e. The Labute approximate surface area is 121 Å². The van der Waals surface area contributed by atoms with E-state index in [0.29, 0.717) is 19.5 Å². The largest absolute Gasteiger partial charge is 0.339 e. The predicted octanol–water partition coefficient (Wildman–Crippen LogP) is -0.470. The molecule has 6 nitrogen and oxygen atoms in total. The van der Waals surface area contributed by atoms with Crippen molar-refractivity contribution in [3.8, 4) is 12.3 Å². The van der Waals surface area contributed by atoms with Crippen LogP contribution in [0.1, 0.15) is 25.7 Å². The van der Waals surface area contributed by atoms with Crippen LogP contribution in [-0.2, 0) is 14.8 Å². The van der Waals surface area contributed by atoms with E-state index in [1.54, 1.807) is 0 Å². The maximum Gasteiger partial charge on any atom is 0.236 e. The van der Waals surface area contributed by atoms with Crippen molar-refractivity contribution in [2.45, 2.75) is 31.7 Å². The molecule has 1 aliphatic heterocycles. The molecular weight excluding hydrogens is 278 g/mol. The third kappa shape index (κ3) is 6.37. The fourth-order valence-electron chi connectivity index (χ4n) is 2.38. The number of terminal acetylenes is 1. The zero-order valence-electron chi connectivity index (χ0n) is 11.9. The number of likely N-dealkylation sites (tertiary alicyclic amines) is 1. The first-order chi connectivity index (χ1) is 9.44. The molecule has 1 rings (SSSR count). The van der Waals surface area contributed by atoms with Crippen molar-refractivity contribution in [2.75, 3.05) is 32.4 Å². The van der Waals surface area contributed by atoms with E-state index in [4.69, 9.17) is 6.42 Å². The Morgan fingerprint density at radius 2 is 2.20 bits per heavy atom. The van der Waals surface area contributed by atoms with Crippen molar-refractivity contribution in [1.82, 2.24) is 14.9 Å². The highest BCUT2D eigenvalue weighted by molar-refractivity contribution is 7.88. The molecule has 0 spiro atoms. The van der Waals surface area contributed by atoms with Gasteiger partial charge in [-0.2, -0.15) is 0 Å². The molecule has 1 amide bonds. The van der Waals surface area contributed by atoms with Gasteiger partial charge in [0.15, 0.2) is 0 Å². The van der Waals surface area contributed by atoms with Crippen LogP contribution in [0.15, 0.2) is 0 Å². The molecule has 0 aromatic carbocycles. The monoisotopic (exact) mass is 301 g/mol. The standard InChI is InChI=1S/C13H23N3O3S/c1-3-8-14-11-13(17)16-10-5-4-6-12(16)7-9-15-20(2,18)19/h1,12,14-15H,4-11H2,2H3. The SMILES string of the molecule is C#CCNCC(=O)N1CCCCC1CCNS(C)(=O)=O. The minimum atomic E-state index is -3.17. The van der Waals surface area contributed by atoms with Crippen LogP contribution in [0.3, 0.4) is 0 Å². The number of nitrogens with one attached hydrogen (secondary N) is 2. The Balaban J connectivity index is 2.45. The molecule has 0 radical (unpaired) electrons. The normalized spacial score (nSPS) is 19.6. The number of sulfonamides is 1. The maximum atomic E-state index is 12.1. The molecule has 0 bridgehead atoms. The van der Waals surface area contributed by atoms with Crippen LogP contribution < -0.4 is 10.0 Å². The third-order valence-electron chi connectivity index (χ3n) is 3.29. The highest BCUT2D eigenvalue weighted by Gasteiger charge is 2.25. The van der Waals surface area contributed by atoms with E-state index in [1.165, 1.54) is 0 Å². The van der Waals surface area contributed by atoms with Crippen LogP contribution in [0.2, 0.25) is 0 Å². The van der Waals surface area contributed by atoms with Crippen molar-refractivity contribution in [1.29, 1.82) is 0 Å². The quantitative estimate of drug-likeness (QED) is 0.492. The molecule has 1 fully saturated rings. The van der Waals surface area contributed by atoms with Crippen molar-refractivity contribution >= 4 is 15.9 Å². The minimum absolute atomic E-state index is 0.0318. The molecule has 20 heavy (non-hydrogen) atoms. The molecule has 2 N–H and O–H groups in total. The van der Waals surface area contributed by atoms with Gasteiger partial charge in [-0.05, 0) is 25.7 Å². The Hall–Kier alpha value is -1.10. The number of carbonyl (C=O) groups is 1. The lowest BCUT2D eigenvalue weighted by molar-refractivity contribution is -0.133. The first kappa shape index (κ1) is 17.0. The second kappa shape index (κ2) is 8.25. The van der Waals surface area contributed by atoms with E-state index in [1.807, 2.05) is 4.90 Å². The summed E-state index contributed by atoms with van der Waals surface area (Å²) in [6, 6.07) is 0.109. The van der Waals surface area contributed by atoms with Gasteiger partial charge in [-0.25, -0.2) is 13.1 Å². The maximum absolute atomic E-state index is 12.1. The molecule has 1 heterocycles. The highest BCUT2D eigenvalue weighted by atomic mass is 32.2. The Morgan fingerprint density at radius 1 is 1.45 bits per heavy atom. The summed E-state index contributed by atoms with van der Waals surface area (Å²) in [4.78, 5) is 13.9. The topological polar surface area (TPSA) is 78.5 Å². The summed E-state index contributed by atoms with van der Waals surface area (Å²) in [5.74, 6) is 2.46. The van der Waals surface area contributed by atoms with Crippen LogP contribution in [0.25, 0.3) is 0 Å². The second-order valence-corrected chi connectivity index (χ2v) is 6.83. The number of hydrogen-bond acceptors (Lipinski definition) is 4. The van der Waals surface area contributed by atoms with Crippen LogP contribution >= 0.6 is 0 Å². The van der Waals surface area contributed by atoms with Crippen molar-refractivity contribution < 1.29 is 13.2 Å². The van der Waals surface area contributed by atoms with Crippen molar-refractivity contribution in [2.24, 2.45) is 0 Å². The molecule has 0 aromatic rings. The summed E-state index contributed by atoms with van der Waals surface area (Å²) in [6.07, 6.45) is 9.90. The fourth-order valence-corrected chi connectivity index (χ4v) is 2.87. The van der Waals surface area contributed by atoms with E-state index < -0.39 is 10.0 Å². The summed E-state index contributed by atoms with van der Waals surface area (Å²) >= 11 is 0. The lowest BCUT2D eigenvalue weighted by atomic mass is 9.99. The number of rotatable bonds is 7. The average Bonchev–Trinajstić information content (AvgIpc) is 2.38. The number of nitrogens with zero attached hydrogens (tertiary/aromatic N) is 1. The summed E-state index contributed by atoms with van der Waals surface area (Å²) in [6.45, 7) is 1.71. The van der Waals surface area contributed by atoms with Crippen LogP contribution in [-0.4, -0.2) is 57.7 Å². The molecule has 0 saturated carbocycles. The number of hydrogen-bond donors (Lipinski definition) is 2. The van der Waals surface area contributed by atoms with Crippen molar-refractivity contribution in [3.63, 3.8) is 0 Å². The molecule has 1 atom stereocenters. The molecular formula is C13H23N3O3S. The molecule has 1 aliphatic rings. The Bertz CT molecular complexity index is 456. The van der Waals surface area contributed by atoms with Gasteiger partial charge in [0.2, 0.25) is 15.9 Å². The van der Waals surface area contributed by atoms with E-state index in [-0.39, 0.29) is 18.5 Å². The Kier molecular flexibility index (Phi) is 6.99. The smallest absolute Gasteiger partial charge is 0.236 e. The second-order valence-electron chi connectivity index (χ2n) is 5.00.